The third-order valence-corrected chi connectivity index (χ3v) is 3.89. The van der Waals surface area contributed by atoms with E-state index in [0.717, 1.165) is 12.1 Å². The van der Waals surface area contributed by atoms with E-state index in [1.807, 2.05) is 0 Å². The Balaban J connectivity index is 0.00000200. The molecule has 5 nitrogen and oxygen atoms in total. The Kier molecular flexibility index (Phi) is 5.00. The molecule has 0 bridgehead atoms. The van der Waals surface area contributed by atoms with Gasteiger partial charge >= 0.3 is 0 Å². The van der Waals surface area contributed by atoms with E-state index in [0.29, 0.717) is 13.1 Å². The van der Waals surface area contributed by atoms with Gasteiger partial charge in [-0.25, -0.2) is 0 Å². The van der Waals surface area contributed by atoms with Crippen LogP contribution in [0.2, 0.25) is 0 Å². The summed E-state index contributed by atoms with van der Waals surface area (Å²) in [4.78, 5) is 28.6. The van der Waals surface area contributed by atoms with Gasteiger partial charge in [0.05, 0.1) is 0 Å². The molecule has 1 amide bonds. The molecular weight excluding hydrogens is 278 g/mol. The summed E-state index contributed by atoms with van der Waals surface area (Å²) in [6, 6.07) is 3.43. The number of amides is 1. The Morgan fingerprint density at radius 3 is 2.65 bits per heavy atom. The monoisotopic (exact) mass is 299 g/mol. The van der Waals surface area contributed by atoms with Gasteiger partial charge in [0.1, 0.15) is 5.56 Å². The standard InChI is InChI=1S/C14H21N3O2.ClH/c1-9-4-5-10(12(18)16-9)13(19)17-7-6-11(15)14(2,3)8-17;/h4-5,11H,6-8,15H2,1-3H3,(H,16,18);1H. The number of aromatic amines is 1. The lowest BCUT2D eigenvalue weighted by Gasteiger charge is -2.42. The molecular formula is C14H22ClN3O2. The van der Waals surface area contributed by atoms with Gasteiger partial charge in [-0.3, -0.25) is 9.59 Å². The van der Waals surface area contributed by atoms with Gasteiger partial charge in [-0.1, -0.05) is 13.8 Å². The van der Waals surface area contributed by atoms with Gasteiger partial charge in [0, 0.05) is 24.8 Å². The number of carbonyl (C=O) groups is 1. The molecule has 1 aliphatic heterocycles. The summed E-state index contributed by atoms with van der Waals surface area (Å²) in [5.74, 6) is -0.207. The van der Waals surface area contributed by atoms with Crippen LogP contribution in [0.3, 0.4) is 0 Å². The van der Waals surface area contributed by atoms with Gasteiger partial charge in [-0.15, -0.1) is 12.4 Å². The molecule has 2 heterocycles. The van der Waals surface area contributed by atoms with Gasteiger partial charge in [-0.2, -0.15) is 0 Å². The molecule has 112 valence electrons. The molecule has 6 heteroatoms. The number of piperidine rings is 1. The minimum Gasteiger partial charge on any atom is -0.338 e. The first-order chi connectivity index (χ1) is 8.81. The Morgan fingerprint density at radius 2 is 2.10 bits per heavy atom. The molecule has 0 spiro atoms. The topological polar surface area (TPSA) is 79.2 Å². The molecule has 20 heavy (non-hydrogen) atoms. The highest BCUT2D eigenvalue weighted by atomic mass is 35.5. The van der Waals surface area contributed by atoms with Crippen LogP contribution in [0.4, 0.5) is 0 Å². The zero-order valence-corrected chi connectivity index (χ0v) is 12.9. The number of carbonyl (C=O) groups excluding carboxylic acids is 1. The third-order valence-electron chi connectivity index (χ3n) is 3.89. The summed E-state index contributed by atoms with van der Waals surface area (Å²) in [5.41, 5.74) is 6.57. The largest absolute Gasteiger partial charge is 0.338 e. The van der Waals surface area contributed by atoms with E-state index in [-0.39, 0.29) is 40.9 Å². The average molecular weight is 300 g/mol. The maximum absolute atomic E-state index is 12.4. The number of nitrogens with one attached hydrogen (secondary N) is 1. The molecule has 1 aromatic rings. The molecule has 0 aromatic carbocycles. The first kappa shape index (κ1) is 16.7. The molecule has 1 aliphatic rings. The molecule has 1 aromatic heterocycles. The zero-order chi connectivity index (χ0) is 14.2. The predicted molar refractivity (Wildman–Crippen MR) is 81.3 cm³/mol. The van der Waals surface area contributed by atoms with Crippen molar-refractivity contribution in [2.45, 2.75) is 33.2 Å². The number of pyridine rings is 1. The van der Waals surface area contributed by atoms with Crippen molar-refractivity contribution in [2.24, 2.45) is 11.1 Å². The first-order valence-corrected chi connectivity index (χ1v) is 6.56. The lowest BCUT2D eigenvalue weighted by molar-refractivity contribution is 0.0531. The van der Waals surface area contributed by atoms with Crippen LogP contribution in [0.15, 0.2) is 16.9 Å². The summed E-state index contributed by atoms with van der Waals surface area (Å²) in [5, 5.41) is 0. The third kappa shape index (κ3) is 3.22. The van der Waals surface area contributed by atoms with E-state index >= 15 is 0 Å². The predicted octanol–water partition coefficient (Wildman–Crippen LogP) is 1.30. The van der Waals surface area contributed by atoms with E-state index in [4.69, 9.17) is 5.73 Å². The van der Waals surface area contributed by atoms with Gasteiger partial charge in [-0.05, 0) is 30.9 Å². The van der Waals surface area contributed by atoms with E-state index in [1.165, 1.54) is 0 Å². The van der Waals surface area contributed by atoms with Gasteiger partial charge in [0.15, 0.2) is 0 Å². The van der Waals surface area contributed by atoms with E-state index in [2.05, 4.69) is 18.8 Å². The van der Waals surface area contributed by atoms with Gasteiger partial charge < -0.3 is 15.6 Å². The summed E-state index contributed by atoms with van der Waals surface area (Å²) in [6.45, 7) is 7.09. The van der Waals surface area contributed by atoms with Crippen LogP contribution in [0.5, 0.6) is 0 Å². The lowest BCUT2D eigenvalue weighted by Crippen LogP contribution is -2.54. The van der Waals surface area contributed by atoms with Crippen LogP contribution in [-0.4, -0.2) is 34.9 Å². The summed E-state index contributed by atoms with van der Waals surface area (Å²) >= 11 is 0. The van der Waals surface area contributed by atoms with Crippen molar-refractivity contribution >= 4 is 18.3 Å². The number of likely N-dealkylation sites (tertiary alicyclic amines) is 1. The molecule has 1 fully saturated rings. The van der Waals surface area contributed by atoms with Crippen molar-refractivity contribution in [3.63, 3.8) is 0 Å². The number of aromatic nitrogens is 1. The van der Waals surface area contributed by atoms with Crippen LogP contribution >= 0.6 is 12.4 Å². The number of hydrogen-bond donors (Lipinski definition) is 2. The highest BCUT2D eigenvalue weighted by Crippen LogP contribution is 2.28. The van der Waals surface area contributed by atoms with Crippen LogP contribution in [0.1, 0.15) is 36.3 Å². The zero-order valence-electron chi connectivity index (χ0n) is 12.1. The van der Waals surface area contributed by atoms with Crippen molar-refractivity contribution < 1.29 is 4.79 Å². The van der Waals surface area contributed by atoms with E-state index in [1.54, 1.807) is 24.0 Å². The summed E-state index contributed by atoms with van der Waals surface area (Å²) in [7, 11) is 0. The molecule has 1 atom stereocenters. The van der Waals surface area contributed by atoms with Gasteiger partial charge in [0.25, 0.3) is 11.5 Å². The normalized spacial score (nSPS) is 21.2. The second-order valence-corrected chi connectivity index (χ2v) is 5.99. The number of hydrogen-bond acceptors (Lipinski definition) is 3. The van der Waals surface area contributed by atoms with Crippen LogP contribution < -0.4 is 11.3 Å². The lowest BCUT2D eigenvalue weighted by atomic mass is 9.79. The van der Waals surface area contributed by atoms with Crippen molar-refractivity contribution in [3.05, 3.63) is 33.7 Å². The summed E-state index contributed by atoms with van der Waals surface area (Å²) < 4.78 is 0. The fourth-order valence-electron chi connectivity index (χ4n) is 2.46. The first-order valence-electron chi connectivity index (χ1n) is 6.56. The second-order valence-electron chi connectivity index (χ2n) is 5.99. The number of halogens is 1. The Morgan fingerprint density at radius 1 is 1.45 bits per heavy atom. The van der Waals surface area contributed by atoms with E-state index < -0.39 is 0 Å². The Bertz CT molecular complexity index is 554. The highest BCUT2D eigenvalue weighted by Gasteiger charge is 2.36. The molecule has 0 saturated carbocycles. The maximum atomic E-state index is 12.4. The molecule has 3 N–H and O–H groups in total. The summed E-state index contributed by atoms with van der Waals surface area (Å²) in [6.07, 6.45) is 0.766. The fourth-order valence-corrected chi connectivity index (χ4v) is 2.46. The minimum absolute atomic E-state index is 0. The van der Waals surface area contributed by atoms with Crippen molar-refractivity contribution in [1.29, 1.82) is 0 Å². The highest BCUT2D eigenvalue weighted by molar-refractivity contribution is 5.94. The number of nitrogens with zero attached hydrogens (tertiary/aromatic N) is 1. The fraction of sp³-hybridized carbons (Fsp3) is 0.571. The van der Waals surface area contributed by atoms with E-state index in [9.17, 15) is 9.59 Å². The van der Waals surface area contributed by atoms with Gasteiger partial charge in [0.2, 0.25) is 0 Å². The number of aryl methyl sites for hydroxylation is 1. The number of rotatable bonds is 1. The molecule has 2 rings (SSSR count). The SMILES string of the molecule is Cc1ccc(C(=O)N2CCC(N)C(C)(C)C2)c(=O)[nH]1.Cl. The van der Waals surface area contributed by atoms with Crippen LogP contribution in [0.25, 0.3) is 0 Å². The number of H-pyrrole nitrogens is 1. The quantitative estimate of drug-likeness (QED) is 0.820. The Labute approximate surface area is 125 Å². The molecule has 0 radical (unpaired) electrons. The van der Waals surface area contributed by atoms with Crippen LogP contribution in [-0.2, 0) is 0 Å². The Hall–Kier alpha value is -1.33. The molecule has 1 unspecified atom stereocenters. The van der Waals surface area contributed by atoms with Crippen molar-refractivity contribution in [3.8, 4) is 0 Å². The smallest absolute Gasteiger partial charge is 0.260 e. The molecule has 1 saturated heterocycles. The van der Waals surface area contributed by atoms with Crippen molar-refractivity contribution in [1.82, 2.24) is 9.88 Å². The number of nitrogens with two attached hydrogens (primary N) is 1. The maximum Gasteiger partial charge on any atom is 0.260 e. The molecule has 0 aliphatic carbocycles. The van der Waals surface area contributed by atoms with Crippen molar-refractivity contribution in [2.75, 3.05) is 13.1 Å². The van der Waals surface area contributed by atoms with Crippen LogP contribution in [0, 0.1) is 12.3 Å². The second kappa shape index (κ2) is 5.97. The average Bonchev–Trinajstić information content (AvgIpc) is 2.32. The minimum atomic E-state index is -0.322.